The molecule has 0 saturated heterocycles. The zero-order valence-corrected chi connectivity index (χ0v) is 10.7. The number of rotatable bonds is 2. The van der Waals surface area contributed by atoms with Gasteiger partial charge in [-0.2, -0.15) is 0 Å². The topological polar surface area (TPSA) is 66.6 Å². The number of likely N-dealkylation sites (N-methyl/N-ethyl adjacent to an activating group) is 1. The molecule has 1 aliphatic carbocycles. The van der Waals surface area contributed by atoms with Crippen LogP contribution in [0.3, 0.4) is 0 Å². The van der Waals surface area contributed by atoms with Gasteiger partial charge in [-0.25, -0.2) is 0 Å². The number of hydrogen-bond acceptors (Lipinski definition) is 3. The van der Waals surface area contributed by atoms with Crippen molar-refractivity contribution in [2.75, 3.05) is 12.8 Å². The van der Waals surface area contributed by atoms with E-state index in [0.29, 0.717) is 11.3 Å². The van der Waals surface area contributed by atoms with Crippen LogP contribution in [0.2, 0.25) is 0 Å². The number of carbonyl (C=O) groups is 1. The van der Waals surface area contributed by atoms with Crippen molar-refractivity contribution in [3.05, 3.63) is 29.8 Å². The lowest BCUT2D eigenvalue weighted by molar-refractivity contribution is 0.0268. The summed E-state index contributed by atoms with van der Waals surface area (Å²) in [5, 5.41) is 9.97. The molecular formula is C14H20N2O2. The summed E-state index contributed by atoms with van der Waals surface area (Å²) in [5.74, 6) is -0.0757. The second kappa shape index (κ2) is 5.40. The van der Waals surface area contributed by atoms with Crippen molar-refractivity contribution >= 4 is 11.6 Å². The van der Waals surface area contributed by atoms with E-state index in [2.05, 4.69) is 0 Å². The number of nitrogens with two attached hydrogens (primary N) is 1. The number of aliphatic hydroxyl groups is 1. The number of benzene rings is 1. The molecule has 1 amide bonds. The molecular weight excluding hydrogens is 228 g/mol. The van der Waals surface area contributed by atoms with Gasteiger partial charge in [0, 0.05) is 18.3 Å². The lowest BCUT2D eigenvalue weighted by Gasteiger charge is -2.35. The molecule has 1 aliphatic rings. The van der Waals surface area contributed by atoms with Crippen LogP contribution >= 0.6 is 0 Å². The van der Waals surface area contributed by atoms with Gasteiger partial charge in [0.15, 0.2) is 0 Å². The van der Waals surface area contributed by atoms with Gasteiger partial charge in [0.1, 0.15) is 0 Å². The predicted octanol–water partition coefficient (Wildman–Crippen LogP) is 1.64. The number of anilines is 1. The lowest BCUT2D eigenvalue weighted by atomic mass is 9.91. The molecule has 0 heterocycles. The molecule has 0 bridgehead atoms. The maximum atomic E-state index is 12.3. The van der Waals surface area contributed by atoms with Crippen molar-refractivity contribution in [2.45, 2.75) is 37.8 Å². The summed E-state index contributed by atoms with van der Waals surface area (Å²) in [5.41, 5.74) is 6.84. The molecule has 2 unspecified atom stereocenters. The van der Waals surface area contributed by atoms with Crippen LogP contribution in [-0.4, -0.2) is 35.1 Å². The molecule has 1 saturated carbocycles. The number of amides is 1. The number of nitrogens with zero attached hydrogens (tertiary/aromatic N) is 1. The Morgan fingerprint density at radius 3 is 2.78 bits per heavy atom. The van der Waals surface area contributed by atoms with Gasteiger partial charge in [0.05, 0.1) is 12.1 Å². The summed E-state index contributed by atoms with van der Waals surface area (Å²) in [6.45, 7) is 0. The van der Waals surface area contributed by atoms with Gasteiger partial charge < -0.3 is 15.7 Å². The first-order chi connectivity index (χ1) is 8.59. The zero-order chi connectivity index (χ0) is 13.1. The van der Waals surface area contributed by atoms with Crippen LogP contribution in [0.25, 0.3) is 0 Å². The van der Waals surface area contributed by atoms with E-state index in [9.17, 15) is 9.90 Å². The minimum absolute atomic E-state index is 0.0757. The molecule has 2 atom stereocenters. The monoisotopic (exact) mass is 248 g/mol. The average Bonchev–Trinajstić information content (AvgIpc) is 2.37. The van der Waals surface area contributed by atoms with Crippen LogP contribution in [-0.2, 0) is 0 Å². The van der Waals surface area contributed by atoms with Crippen molar-refractivity contribution in [3.63, 3.8) is 0 Å². The Hall–Kier alpha value is -1.55. The minimum Gasteiger partial charge on any atom is -0.399 e. The SMILES string of the molecule is CN(C(=O)c1cccc(N)c1)C1CCCCC1O. The quantitative estimate of drug-likeness (QED) is 0.782. The molecule has 0 spiro atoms. The fourth-order valence-corrected chi connectivity index (χ4v) is 2.57. The Bertz CT molecular complexity index is 434. The van der Waals surface area contributed by atoms with Gasteiger partial charge in [-0.3, -0.25) is 4.79 Å². The van der Waals surface area contributed by atoms with Gasteiger partial charge >= 0.3 is 0 Å². The fraction of sp³-hybridized carbons (Fsp3) is 0.500. The van der Waals surface area contributed by atoms with Crippen LogP contribution < -0.4 is 5.73 Å². The third-order valence-electron chi connectivity index (χ3n) is 3.65. The summed E-state index contributed by atoms with van der Waals surface area (Å²) < 4.78 is 0. The van der Waals surface area contributed by atoms with Crippen molar-refractivity contribution in [1.29, 1.82) is 0 Å². The van der Waals surface area contributed by atoms with Crippen LogP contribution in [0.5, 0.6) is 0 Å². The van der Waals surface area contributed by atoms with Crippen LogP contribution in [0.4, 0.5) is 5.69 Å². The third-order valence-corrected chi connectivity index (χ3v) is 3.65. The Kier molecular flexibility index (Phi) is 3.87. The Balaban J connectivity index is 2.13. The molecule has 0 radical (unpaired) electrons. The first-order valence-electron chi connectivity index (χ1n) is 6.40. The van der Waals surface area contributed by atoms with E-state index in [4.69, 9.17) is 5.73 Å². The van der Waals surface area contributed by atoms with Crippen LogP contribution in [0, 0.1) is 0 Å². The summed E-state index contributed by atoms with van der Waals surface area (Å²) in [4.78, 5) is 14.0. The summed E-state index contributed by atoms with van der Waals surface area (Å²) in [7, 11) is 1.75. The molecule has 18 heavy (non-hydrogen) atoms. The van der Waals surface area contributed by atoms with E-state index in [1.807, 2.05) is 0 Å². The molecule has 0 aromatic heterocycles. The molecule has 1 fully saturated rings. The highest BCUT2D eigenvalue weighted by molar-refractivity contribution is 5.95. The van der Waals surface area contributed by atoms with Crippen molar-refractivity contribution in [3.8, 4) is 0 Å². The second-order valence-corrected chi connectivity index (χ2v) is 4.96. The van der Waals surface area contributed by atoms with Gasteiger partial charge in [-0.05, 0) is 31.0 Å². The molecule has 4 nitrogen and oxygen atoms in total. The zero-order valence-electron chi connectivity index (χ0n) is 10.7. The average molecular weight is 248 g/mol. The maximum absolute atomic E-state index is 12.3. The van der Waals surface area contributed by atoms with Crippen LogP contribution in [0.1, 0.15) is 36.0 Å². The lowest BCUT2D eigenvalue weighted by Crippen LogP contribution is -2.46. The smallest absolute Gasteiger partial charge is 0.254 e. The highest BCUT2D eigenvalue weighted by Gasteiger charge is 2.29. The highest BCUT2D eigenvalue weighted by Crippen LogP contribution is 2.23. The summed E-state index contributed by atoms with van der Waals surface area (Å²) in [6, 6.07) is 6.88. The van der Waals surface area contributed by atoms with E-state index in [0.717, 1.165) is 25.7 Å². The molecule has 98 valence electrons. The molecule has 2 rings (SSSR count). The maximum Gasteiger partial charge on any atom is 0.254 e. The first-order valence-corrected chi connectivity index (χ1v) is 6.40. The summed E-state index contributed by atoms with van der Waals surface area (Å²) in [6.07, 6.45) is 3.34. The molecule has 1 aromatic rings. The third kappa shape index (κ3) is 2.64. The standard InChI is InChI=1S/C14H20N2O2/c1-16(12-7-2-3-8-13(12)17)14(18)10-5-4-6-11(15)9-10/h4-6,9,12-13,17H,2-3,7-8,15H2,1H3. The van der Waals surface area contributed by atoms with Gasteiger partial charge in [0.25, 0.3) is 5.91 Å². The normalized spacial score (nSPS) is 23.7. The summed E-state index contributed by atoms with van der Waals surface area (Å²) >= 11 is 0. The van der Waals surface area contributed by atoms with E-state index in [-0.39, 0.29) is 11.9 Å². The van der Waals surface area contributed by atoms with Crippen molar-refractivity contribution < 1.29 is 9.90 Å². The van der Waals surface area contributed by atoms with E-state index in [1.54, 1.807) is 36.2 Å². The van der Waals surface area contributed by atoms with E-state index >= 15 is 0 Å². The minimum atomic E-state index is -0.409. The molecule has 1 aromatic carbocycles. The van der Waals surface area contributed by atoms with E-state index < -0.39 is 6.10 Å². The Labute approximate surface area is 107 Å². The van der Waals surface area contributed by atoms with Gasteiger partial charge in [-0.15, -0.1) is 0 Å². The largest absolute Gasteiger partial charge is 0.399 e. The number of aliphatic hydroxyl groups excluding tert-OH is 1. The predicted molar refractivity (Wildman–Crippen MR) is 71.2 cm³/mol. The Morgan fingerprint density at radius 1 is 1.39 bits per heavy atom. The van der Waals surface area contributed by atoms with Crippen molar-refractivity contribution in [2.24, 2.45) is 0 Å². The van der Waals surface area contributed by atoms with Crippen molar-refractivity contribution in [1.82, 2.24) is 4.90 Å². The number of carbonyl (C=O) groups excluding carboxylic acids is 1. The molecule has 4 heteroatoms. The second-order valence-electron chi connectivity index (χ2n) is 4.96. The number of hydrogen-bond donors (Lipinski definition) is 2. The highest BCUT2D eigenvalue weighted by atomic mass is 16.3. The van der Waals surface area contributed by atoms with Crippen LogP contribution in [0.15, 0.2) is 24.3 Å². The Morgan fingerprint density at radius 2 is 2.11 bits per heavy atom. The first kappa shape index (κ1) is 12.9. The van der Waals surface area contributed by atoms with Gasteiger partial charge in [-0.1, -0.05) is 18.9 Å². The fourth-order valence-electron chi connectivity index (χ4n) is 2.57. The molecule has 3 N–H and O–H groups in total. The molecule has 0 aliphatic heterocycles. The van der Waals surface area contributed by atoms with Gasteiger partial charge in [0.2, 0.25) is 0 Å². The number of nitrogen functional groups attached to an aromatic ring is 1. The van der Waals surface area contributed by atoms with E-state index in [1.165, 1.54) is 0 Å².